The second-order valence-electron chi connectivity index (χ2n) is 4.24. The van der Waals surface area contributed by atoms with Gasteiger partial charge in [0.15, 0.2) is 0 Å². The van der Waals surface area contributed by atoms with Crippen molar-refractivity contribution < 1.29 is 10.0 Å². The number of benzene rings is 1. The van der Waals surface area contributed by atoms with Gasteiger partial charge >= 0.3 is 0 Å². The highest BCUT2D eigenvalue weighted by atomic mass is 79.9. The second kappa shape index (κ2) is 6.77. The van der Waals surface area contributed by atoms with E-state index in [1.165, 1.54) is 4.90 Å². The van der Waals surface area contributed by atoms with Crippen molar-refractivity contribution in [1.82, 2.24) is 4.90 Å². The summed E-state index contributed by atoms with van der Waals surface area (Å²) in [5.41, 5.74) is 5.97. The lowest BCUT2D eigenvalue weighted by Crippen LogP contribution is -2.36. The average molecular weight is 349 g/mol. The van der Waals surface area contributed by atoms with Crippen LogP contribution in [-0.2, 0) is 0 Å². The smallest absolute Gasteiger partial charge is 0.253 e. The number of oxime groups is 1. The number of hydrogen-bond donors (Lipinski definition) is 2. The molecule has 1 aromatic rings. The molecule has 7 heteroatoms. The topological polar surface area (TPSA) is 78.9 Å². The first-order valence-corrected chi connectivity index (χ1v) is 6.71. The maximum atomic E-state index is 12.2. The molecule has 0 heterocycles. The van der Waals surface area contributed by atoms with E-state index in [-0.39, 0.29) is 17.7 Å². The van der Waals surface area contributed by atoms with Gasteiger partial charge < -0.3 is 15.8 Å². The molecule has 1 rings (SSSR count). The Kier molecular flexibility index (Phi) is 5.62. The molecule has 0 fully saturated rings. The molecule has 3 N–H and O–H groups in total. The van der Waals surface area contributed by atoms with Crippen molar-refractivity contribution in [1.29, 1.82) is 0 Å². The number of halogens is 2. The SMILES string of the molecule is CC(CN(C)C(=O)c1ccc(Br)c(Cl)c1)/C(N)=N/O. The van der Waals surface area contributed by atoms with E-state index < -0.39 is 0 Å². The summed E-state index contributed by atoms with van der Waals surface area (Å²) in [6.07, 6.45) is 0. The largest absolute Gasteiger partial charge is 0.409 e. The molecule has 0 spiro atoms. The van der Waals surface area contributed by atoms with E-state index in [0.717, 1.165) is 4.47 Å². The van der Waals surface area contributed by atoms with Crippen LogP contribution in [0.1, 0.15) is 17.3 Å². The molecule has 0 aliphatic heterocycles. The van der Waals surface area contributed by atoms with Gasteiger partial charge in [-0.15, -0.1) is 0 Å². The third kappa shape index (κ3) is 4.11. The van der Waals surface area contributed by atoms with E-state index in [4.69, 9.17) is 22.5 Å². The van der Waals surface area contributed by atoms with Crippen LogP contribution < -0.4 is 5.73 Å². The molecular weight excluding hydrogens is 334 g/mol. The Hall–Kier alpha value is -1.27. The quantitative estimate of drug-likeness (QED) is 0.380. The van der Waals surface area contributed by atoms with Crippen LogP contribution >= 0.6 is 27.5 Å². The third-order valence-electron chi connectivity index (χ3n) is 2.68. The number of hydrogen-bond acceptors (Lipinski definition) is 3. The first kappa shape index (κ1) is 15.8. The minimum Gasteiger partial charge on any atom is -0.409 e. The first-order valence-electron chi connectivity index (χ1n) is 5.54. The lowest BCUT2D eigenvalue weighted by atomic mass is 10.1. The molecule has 1 atom stereocenters. The van der Waals surface area contributed by atoms with Crippen LogP contribution in [0.2, 0.25) is 5.02 Å². The van der Waals surface area contributed by atoms with Crippen molar-refractivity contribution in [2.24, 2.45) is 16.8 Å². The van der Waals surface area contributed by atoms with E-state index in [1.54, 1.807) is 32.2 Å². The van der Waals surface area contributed by atoms with Crippen LogP contribution in [0, 0.1) is 5.92 Å². The van der Waals surface area contributed by atoms with Gasteiger partial charge in [-0.2, -0.15) is 0 Å². The van der Waals surface area contributed by atoms with Gasteiger partial charge in [0.1, 0.15) is 5.84 Å². The van der Waals surface area contributed by atoms with Crippen LogP contribution in [-0.4, -0.2) is 35.4 Å². The molecule has 1 aromatic carbocycles. The molecule has 5 nitrogen and oxygen atoms in total. The minimum atomic E-state index is -0.232. The van der Waals surface area contributed by atoms with Crippen molar-refractivity contribution in [2.75, 3.05) is 13.6 Å². The van der Waals surface area contributed by atoms with Crippen LogP contribution in [0.15, 0.2) is 27.8 Å². The summed E-state index contributed by atoms with van der Waals surface area (Å²) in [5.74, 6) is -0.314. The van der Waals surface area contributed by atoms with Crippen molar-refractivity contribution in [3.05, 3.63) is 33.3 Å². The molecule has 1 unspecified atom stereocenters. The van der Waals surface area contributed by atoms with Crippen LogP contribution in [0.5, 0.6) is 0 Å². The van der Waals surface area contributed by atoms with Crippen molar-refractivity contribution >= 4 is 39.3 Å². The van der Waals surface area contributed by atoms with E-state index in [0.29, 0.717) is 17.1 Å². The number of carbonyl (C=O) groups excluding carboxylic acids is 1. The molecule has 1 amide bonds. The fourth-order valence-corrected chi connectivity index (χ4v) is 1.96. The molecule has 0 aliphatic rings. The molecule has 0 radical (unpaired) electrons. The van der Waals surface area contributed by atoms with E-state index in [2.05, 4.69) is 21.1 Å². The Bertz CT molecular complexity index is 508. The number of amides is 1. The summed E-state index contributed by atoms with van der Waals surface area (Å²) >= 11 is 9.22. The van der Waals surface area contributed by atoms with Crippen molar-refractivity contribution in [3.63, 3.8) is 0 Å². The fourth-order valence-electron chi connectivity index (χ4n) is 1.54. The fraction of sp³-hybridized carbons (Fsp3) is 0.333. The second-order valence-corrected chi connectivity index (χ2v) is 5.50. The predicted octanol–water partition coefficient (Wildman–Crippen LogP) is 2.56. The summed E-state index contributed by atoms with van der Waals surface area (Å²) in [6.45, 7) is 2.12. The predicted molar refractivity (Wildman–Crippen MR) is 78.7 cm³/mol. The van der Waals surface area contributed by atoms with E-state index >= 15 is 0 Å². The standard InChI is InChI=1S/C12H15BrClN3O2/c1-7(11(15)16-19)6-17(2)12(18)8-3-4-9(13)10(14)5-8/h3-5,7,19H,6H2,1-2H3,(H2,15,16). The van der Waals surface area contributed by atoms with Crippen molar-refractivity contribution in [2.45, 2.75) is 6.92 Å². The van der Waals surface area contributed by atoms with Gasteiger partial charge in [-0.05, 0) is 34.1 Å². The molecule has 104 valence electrons. The molecule has 0 saturated heterocycles. The lowest BCUT2D eigenvalue weighted by Gasteiger charge is -2.21. The van der Waals surface area contributed by atoms with Crippen LogP contribution in [0.4, 0.5) is 0 Å². The maximum absolute atomic E-state index is 12.2. The summed E-state index contributed by atoms with van der Waals surface area (Å²) in [7, 11) is 1.65. The number of nitrogens with two attached hydrogens (primary N) is 1. The number of nitrogens with zero attached hydrogens (tertiary/aromatic N) is 2. The van der Waals surface area contributed by atoms with E-state index in [1.807, 2.05) is 0 Å². The van der Waals surface area contributed by atoms with Gasteiger partial charge in [0.25, 0.3) is 5.91 Å². The highest BCUT2D eigenvalue weighted by Crippen LogP contribution is 2.23. The van der Waals surface area contributed by atoms with Crippen LogP contribution in [0.25, 0.3) is 0 Å². The summed E-state index contributed by atoms with van der Waals surface area (Å²) in [5, 5.41) is 12.0. The first-order chi connectivity index (χ1) is 8.86. The minimum absolute atomic E-state index is 0.0912. The Balaban J connectivity index is 2.79. The molecular formula is C12H15BrClN3O2. The lowest BCUT2D eigenvalue weighted by molar-refractivity contribution is 0.0786. The monoisotopic (exact) mass is 347 g/mol. The van der Waals surface area contributed by atoms with Gasteiger partial charge in [0.2, 0.25) is 0 Å². The van der Waals surface area contributed by atoms with Gasteiger partial charge in [0, 0.05) is 29.5 Å². The molecule has 0 bridgehead atoms. The Morgan fingerprint density at radius 2 is 2.26 bits per heavy atom. The zero-order chi connectivity index (χ0) is 14.6. The molecule has 0 saturated carbocycles. The van der Waals surface area contributed by atoms with Gasteiger partial charge in [0.05, 0.1) is 5.02 Å². The number of rotatable bonds is 4. The molecule has 0 aromatic heterocycles. The van der Waals surface area contributed by atoms with Crippen molar-refractivity contribution in [3.8, 4) is 0 Å². The average Bonchev–Trinajstić information content (AvgIpc) is 2.39. The molecule has 0 aliphatic carbocycles. The normalized spacial score (nSPS) is 13.2. The number of amidine groups is 1. The Labute approximate surface area is 125 Å². The van der Waals surface area contributed by atoms with Gasteiger partial charge in [-0.1, -0.05) is 23.7 Å². The van der Waals surface area contributed by atoms with Crippen LogP contribution in [0.3, 0.4) is 0 Å². The Morgan fingerprint density at radius 3 is 2.79 bits per heavy atom. The summed E-state index contributed by atoms with van der Waals surface area (Å²) < 4.78 is 0.735. The van der Waals surface area contributed by atoms with E-state index in [9.17, 15) is 4.79 Å². The zero-order valence-electron chi connectivity index (χ0n) is 10.6. The third-order valence-corrected chi connectivity index (χ3v) is 3.91. The summed E-state index contributed by atoms with van der Waals surface area (Å²) in [6, 6.07) is 5.00. The summed E-state index contributed by atoms with van der Waals surface area (Å²) in [4.78, 5) is 13.7. The maximum Gasteiger partial charge on any atom is 0.253 e. The number of carbonyl (C=O) groups is 1. The Morgan fingerprint density at radius 1 is 1.63 bits per heavy atom. The highest BCUT2D eigenvalue weighted by Gasteiger charge is 2.17. The molecule has 19 heavy (non-hydrogen) atoms. The van der Waals surface area contributed by atoms with Gasteiger partial charge in [-0.25, -0.2) is 0 Å². The highest BCUT2D eigenvalue weighted by molar-refractivity contribution is 9.10. The van der Waals surface area contributed by atoms with Gasteiger partial charge in [-0.3, -0.25) is 4.79 Å². The zero-order valence-corrected chi connectivity index (χ0v) is 12.9.